The Balaban J connectivity index is 2.00. The van der Waals surface area contributed by atoms with Gasteiger partial charge in [0, 0.05) is 11.1 Å². The van der Waals surface area contributed by atoms with Gasteiger partial charge in [-0.1, -0.05) is 65.8 Å². The molecule has 0 saturated carbocycles. The van der Waals surface area contributed by atoms with Gasteiger partial charge in [0.1, 0.15) is 17.2 Å². The van der Waals surface area contributed by atoms with Crippen LogP contribution in [0.25, 0.3) is 0 Å². The average Bonchev–Trinajstić information content (AvgIpc) is 2.67. The second-order valence-electron chi connectivity index (χ2n) is 5.38. The minimum absolute atomic E-state index is 0.499. The third-order valence-corrected chi connectivity index (χ3v) is 3.50. The summed E-state index contributed by atoms with van der Waals surface area (Å²) in [6.45, 7) is -0.516. The van der Waals surface area contributed by atoms with Crippen molar-refractivity contribution in [2.24, 2.45) is 5.16 Å². The van der Waals surface area contributed by atoms with Gasteiger partial charge in [0.25, 0.3) is 0 Å². The summed E-state index contributed by atoms with van der Waals surface area (Å²) in [4.78, 5) is 15.7. The number of carboxylic acid groups (broad SMARTS) is 1. The molecule has 130 valence electrons. The van der Waals surface area contributed by atoms with Gasteiger partial charge in [-0.15, -0.1) is 0 Å². The first-order valence-electron chi connectivity index (χ1n) is 8.03. The highest BCUT2D eigenvalue weighted by atomic mass is 16.6. The van der Waals surface area contributed by atoms with Gasteiger partial charge in [-0.05, 0) is 24.3 Å². The number of hydrogen-bond donors (Lipinski definition) is 1. The molecular weight excluding hydrogens is 330 g/mol. The number of oxime groups is 1. The van der Waals surface area contributed by atoms with Gasteiger partial charge in [-0.25, -0.2) is 4.79 Å². The number of nitrogens with zero attached hydrogens (tertiary/aromatic N) is 1. The molecule has 0 spiro atoms. The van der Waals surface area contributed by atoms with Crippen LogP contribution in [0.1, 0.15) is 11.1 Å². The zero-order chi connectivity index (χ0) is 18.2. The van der Waals surface area contributed by atoms with Gasteiger partial charge < -0.3 is 14.7 Å². The van der Waals surface area contributed by atoms with Crippen LogP contribution in [0.5, 0.6) is 11.5 Å². The highest BCUT2D eigenvalue weighted by molar-refractivity contribution is 6.14. The molecule has 0 radical (unpaired) electrons. The molecule has 0 aliphatic carbocycles. The highest BCUT2D eigenvalue weighted by Gasteiger charge is 2.14. The molecule has 3 rings (SSSR count). The number of carboxylic acids is 1. The van der Waals surface area contributed by atoms with E-state index in [9.17, 15) is 4.79 Å². The number of aliphatic carboxylic acids is 1. The van der Waals surface area contributed by atoms with Crippen molar-refractivity contribution >= 4 is 11.7 Å². The Morgan fingerprint density at radius 1 is 0.846 bits per heavy atom. The number of para-hydroxylation sites is 2. The molecule has 0 amide bonds. The van der Waals surface area contributed by atoms with Crippen molar-refractivity contribution in [3.05, 3.63) is 96.1 Å². The van der Waals surface area contributed by atoms with Gasteiger partial charge in [0.05, 0.1) is 0 Å². The van der Waals surface area contributed by atoms with Crippen LogP contribution in [0.2, 0.25) is 0 Å². The summed E-state index contributed by atoms with van der Waals surface area (Å²) in [5.41, 5.74) is 1.99. The SMILES string of the molecule is O=C(O)CO/N=C(\c1ccccc1)c1ccccc1Oc1ccccc1. The van der Waals surface area contributed by atoms with Crippen LogP contribution in [0.3, 0.4) is 0 Å². The van der Waals surface area contributed by atoms with Crippen LogP contribution in [-0.4, -0.2) is 23.4 Å². The first-order valence-corrected chi connectivity index (χ1v) is 8.03. The lowest BCUT2D eigenvalue weighted by Gasteiger charge is -2.13. The summed E-state index contributed by atoms with van der Waals surface area (Å²) in [6, 6.07) is 26.2. The van der Waals surface area contributed by atoms with E-state index in [1.54, 1.807) is 0 Å². The van der Waals surface area contributed by atoms with Crippen LogP contribution in [0.4, 0.5) is 0 Å². The molecule has 3 aromatic rings. The topological polar surface area (TPSA) is 68.1 Å². The van der Waals surface area contributed by atoms with Gasteiger partial charge in [-0.2, -0.15) is 0 Å². The second-order valence-corrected chi connectivity index (χ2v) is 5.38. The third kappa shape index (κ3) is 4.48. The van der Waals surface area contributed by atoms with Crippen molar-refractivity contribution in [2.45, 2.75) is 0 Å². The van der Waals surface area contributed by atoms with Gasteiger partial charge >= 0.3 is 5.97 Å². The van der Waals surface area contributed by atoms with E-state index < -0.39 is 12.6 Å². The summed E-state index contributed by atoms with van der Waals surface area (Å²) in [6.07, 6.45) is 0. The molecule has 0 fully saturated rings. The molecule has 0 heterocycles. The zero-order valence-electron chi connectivity index (χ0n) is 13.9. The maximum absolute atomic E-state index is 10.7. The maximum Gasteiger partial charge on any atom is 0.344 e. The maximum atomic E-state index is 10.7. The van der Waals surface area contributed by atoms with Crippen molar-refractivity contribution in [3.8, 4) is 11.5 Å². The smallest absolute Gasteiger partial charge is 0.344 e. The Kier molecular flexibility index (Phi) is 5.62. The monoisotopic (exact) mass is 347 g/mol. The highest BCUT2D eigenvalue weighted by Crippen LogP contribution is 2.27. The van der Waals surface area contributed by atoms with Crippen molar-refractivity contribution in [1.82, 2.24) is 0 Å². The Hall–Kier alpha value is -3.60. The average molecular weight is 347 g/mol. The number of rotatable bonds is 7. The lowest BCUT2D eigenvalue weighted by molar-refractivity contribution is -0.142. The fourth-order valence-corrected chi connectivity index (χ4v) is 2.37. The predicted molar refractivity (Wildman–Crippen MR) is 98.6 cm³/mol. The number of benzene rings is 3. The summed E-state index contributed by atoms with van der Waals surface area (Å²) in [7, 11) is 0. The predicted octanol–water partition coefficient (Wildman–Crippen LogP) is 4.33. The summed E-state index contributed by atoms with van der Waals surface area (Å²) >= 11 is 0. The van der Waals surface area contributed by atoms with Crippen LogP contribution in [0.15, 0.2) is 90.1 Å². The fraction of sp³-hybridized carbons (Fsp3) is 0.0476. The number of carbonyl (C=O) groups is 1. The van der Waals surface area contributed by atoms with Gasteiger partial charge in [-0.3, -0.25) is 0 Å². The largest absolute Gasteiger partial charge is 0.479 e. The Morgan fingerprint density at radius 2 is 1.46 bits per heavy atom. The van der Waals surface area contributed by atoms with E-state index in [-0.39, 0.29) is 0 Å². The van der Waals surface area contributed by atoms with Gasteiger partial charge in [0.2, 0.25) is 6.61 Å². The standard InChI is InChI=1S/C21H17NO4/c23-20(24)15-25-22-21(16-9-3-1-4-10-16)18-13-7-8-14-19(18)26-17-11-5-2-6-12-17/h1-14H,15H2,(H,23,24)/b22-21+. The molecule has 1 N–H and O–H groups in total. The minimum atomic E-state index is -1.09. The van der Waals surface area contributed by atoms with Crippen molar-refractivity contribution < 1.29 is 19.5 Å². The second kappa shape index (κ2) is 8.48. The zero-order valence-corrected chi connectivity index (χ0v) is 13.9. The van der Waals surface area contributed by atoms with Crippen LogP contribution >= 0.6 is 0 Å². The molecule has 0 aromatic heterocycles. The molecular formula is C21H17NO4. The van der Waals surface area contributed by atoms with Crippen LogP contribution < -0.4 is 4.74 Å². The van der Waals surface area contributed by atoms with Crippen LogP contribution in [-0.2, 0) is 9.63 Å². The van der Waals surface area contributed by atoms with E-state index >= 15 is 0 Å². The van der Waals surface area contributed by atoms with E-state index in [1.165, 1.54) is 0 Å². The number of ether oxygens (including phenoxy) is 1. The fourth-order valence-electron chi connectivity index (χ4n) is 2.37. The normalized spacial score (nSPS) is 11.0. The first-order chi connectivity index (χ1) is 12.7. The van der Waals surface area contributed by atoms with E-state index in [0.717, 1.165) is 5.56 Å². The molecule has 0 aliphatic rings. The molecule has 0 unspecified atom stereocenters. The van der Waals surface area contributed by atoms with Crippen molar-refractivity contribution in [3.63, 3.8) is 0 Å². The minimum Gasteiger partial charge on any atom is -0.479 e. The molecule has 5 heteroatoms. The molecule has 0 aliphatic heterocycles. The quantitative estimate of drug-likeness (QED) is 0.510. The van der Waals surface area contributed by atoms with E-state index in [1.807, 2.05) is 84.9 Å². The van der Waals surface area contributed by atoms with E-state index in [4.69, 9.17) is 14.7 Å². The molecule has 26 heavy (non-hydrogen) atoms. The third-order valence-electron chi connectivity index (χ3n) is 3.50. The molecule has 3 aromatic carbocycles. The lowest BCUT2D eigenvalue weighted by atomic mass is 10.0. The molecule has 0 atom stereocenters. The van der Waals surface area contributed by atoms with Crippen molar-refractivity contribution in [1.29, 1.82) is 0 Å². The van der Waals surface area contributed by atoms with Crippen LogP contribution in [0, 0.1) is 0 Å². The molecule has 5 nitrogen and oxygen atoms in total. The molecule has 0 saturated heterocycles. The Morgan fingerprint density at radius 3 is 2.15 bits per heavy atom. The summed E-state index contributed by atoms with van der Waals surface area (Å²) in [5, 5.41) is 12.9. The van der Waals surface area contributed by atoms with Crippen molar-refractivity contribution in [2.75, 3.05) is 6.61 Å². The first kappa shape index (κ1) is 17.2. The van der Waals surface area contributed by atoms with E-state index in [2.05, 4.69) is 5.16 Å². The van der Waals surface area contributed by atoms with E-state index in [0.29, 0.717) is 22.8 Å². The lowest BCUT2D eigenvalue weighted by Crippen LogP contribution is -2.09. The molecule has 0 bridgehead atoms. The summed E-state index contributed by atoms with van der Waals surface area (Å²) in [5.74, 6) is 0.203. The Bertz CT molecular complexity index is 892. The Labute approximate surface area is 151 Å². The summed E-state index contributed by atoms with van der Waals surface area (Å²) < 4.78 is 5.99. The van der Waals surface area contributed by atoms with Gasteiger partial charge in [0.15, 0.2) is 0 Å². The number of hydrogen-bond acceptors (Lipinski definition) is 4.